The van der Waals surface area contributed by atoms with Gasteiger partial charge in [0.1, 0.15) is 5.82 Å². The molecule has 0 unspecified atom stereocenters. The third-order valence-electron chi connectivity index (χ3n) is 3.50. The van der Waals surface area contributed by atoms with Gasteiger partial charge in [0.2, 0.25) is 0 Å². The molecule has 0 aliphatic heterocycles. The number of hydrogen-bond acceptors (Lipinski definition) is 5. The highest BCUT2D eigenvalue weighted by molar-refractivity contribution is 8.03. The number of thioether (sulfide) groups is 1. The van der Waals surface area contributed by atoms with E-state index in [2.05, 4.69) is 16.4 Å². The lowest BCUT2D eigenvalue weighted by Gasteiger charge is -2.06. The van der Waals surface area contributed by atoms with Crippen molar-refractivity contribution >= 4 is 29.2 Å². The first-order valence-electron chi connectivity index (χ1n) is 9.75. The molecule has 0 bridgehead atoms. The van der Waals surface area contributed by atoms with Crippen molar-refractivity contribution < 1.29 is 4.79 Å². The van der Waals surface area contributed by atoms with E-state index in [1.54, 1.807) is 42.2 Å². The molecule has 5 nitrogen and oxygen atoms in total. The van der Waals surface area contributed by atoms with E-state index in [1.807, 2.05) is 58.1 Å². The molecule has 0 radical (unpaired) electrons. The quantitative estimate of drug-likeness (QED) is 0.575. The summed E-state index contributed by atoms with van der Waals surface area (Å²) in [5, 5.41) is 2.91. The lowest BCUT2D eigenvalue weighted by Crippen LogP contribution is -2.21. The van der Waals surface area contributed by atoms with Crippen LogP contribution in [0.4, 0.5) is 11.5 Å². The molecule has 1 aromatic carbocycles. The summed E-state index contributed by atoms with van der Waals surface area (Å²) < 4.78 is 0. The van der Waals surface area contributed by atoms with Crippen molar-refractivity contribution in [2.45, 2.75) is 39.0 Å². The van der Waals surface area contributed by atoms with Crippen molar-refractivity contribution in [3.8, 4) is 0 Å². The Labute approximate surface area is 178 Å². The number of nitrogens with zero attached hydrogens (tertiary/aromatic N) is 1. The van der Waals surface area contributed by atoms with E-state index in [4.69, 9.17) is 11.5 Å². The van der Waals surface area contributed by atoms with Crippen LogP contribution in [0.15, 0.2) is 82.4 Å². The number of benzene rings is 1. The molecule has 29 heavy (non-hydrogen) atoms. The minimum atomic E-state index is -0.158. The normalized spacial score (nSPS) is 12.1. The van der Waals surface area contributed by atoms with Crippen molar-refractivity contribution in [1.82, 2.24) is 10.3 Å². The first kappa shape index (κ1) is 24.0. The van der Waals surface area contributed by atoms with Crippen LogP contribution in [-0.4, -0.2) is 10.9 Å². The van der Waals surface area contributed by atoms with Gasteiger partial charge in [-0.25, -0.2) is 4.98 Å². The fourth-order valence-corrected chi connectivity index (χ4v) is 3.14. The lowest BCUT2D eigenvalue weighted by molar-refractivity contribution is 0.0967. The molecular formula is C23H30N4OS. The molecule has 2 aromatic rings. The van der Waals surface area contributed by atoms with Crippen LogP contribution >= 0.6 is 11.8 Å². The minimum absolute atomic E-state index is 0.158. The molecule has 6 heteroatoms. The molecule has 1 aliphatic carbocycles. The maximum atomic E-state index is 12.3. The maximum absolute atomic E-state index is 12.3. The number of nitrogen functional groups attached to an aromatic ring is 2. The van der Waals surface area contributed by atoms with Crippen LogP contribution in [0.3, 0.4) is 0 Å². The Morgan fingerprint density at radius 1 is 1.00 bits per heavy atom. The number of carbonyl (C=O) groups excluding carboxylic acids is 1. The van der Waals surface area contributed by atoms with Gasteiger partial charge in [0.25, 0.3) is 5.91 Å². The van der Waals surface area contributed by atoms with E-state index in [9.17, 15) is 4.79 Å². The molecule has 0 fully saturated rings. The van der Waals surface area contributed by atoms with Crippen LogP contribution in [0.2, 0.25) is 0 Å². The third kappa shape index (κ3) is 8.27. The molecule has 3 rings (SSSR count). The monoisotopic (exact) mass is 410 g/mol. The molecule has 1 amide bonds. The van der Waals surface area contributed by atoms with Crippen LogP contribution in [0.25, 0.3) is 0 Å². The Balaban J connectivity index is 0.000000989. The first-order chi connectivity index (χ1) is 14.1. The second kappa shape index (κ2) is 13.2. The highest BCUT2D eigenvalue weighted by Gasteiger charge is 2.08. The molecule has 0 saturated heterocycles. The number of aromatic nitrogens is 1. The molecule has 0 spiro atoms. The summed E-state index contributed by atoms with van der Waals surface area (Å²) in [4.78, 5) is 18.4. The van der Waals surface area contributed by atoms with Gasteiger partial charge in [0, 0.05) is 32.9 Å². The summed E-state index contributed by atoms with van der Waals surface area (Å²) in [7, 11) is 0. The SMILES string of the molecule is CC.CC.Nc1ccc(C(=O)NC2=CCC=C(Sc3ccnc(N)c3)C=C2)cc1. The van der Waals surface area contributed by atoms with Gasteiger partial charge in [0.05, 0.1) is 0 Å². The summed E-state index contributed by atoms with van der Waals surface area (Å²) in [6.45, 7) is 8.00. The Kier molecular flexibility index (Phi) is 11.0. The van der Waals surface area contributed by atoms with Gasteiger partial charge in [-0.15, -0.1) is 0 Å². The van der Waals surface area contributed by atoms with Crippen molar-refractivity contribution in [1.29, 1.82) is 0 Å². The van der Waals surface area contributed by atoms with E-state index in [-0.39, 0.29) is 5.91 Å². The molecule has 1 heterocycles. The Morgan fingerprint density at radius 3 is 2.34 bits per heavy atom. The van der Waals surface area contributed by atoms with E-state index >= 15 is 0 Å². The number of nitrogens with two attached hydrogens (primary N) is 2. The second-order valence-corrected chi connectivity index (χ2v) is 6.58. The van der Waals surface area contributed by atoms with Crippen molar-refractivity contribution in [2.75, 3.05) is 11.5 Å². The minimum Gasteiger partial charge on any atom is -0.399 e. The highest BCUT2D eigenvalue weighted by Crippen LogP contribution is 2.29. The molecular weight excluding hydrogens is 380 g/mol. The van der Waals surface area contributed by atoms with Gasteiger partial charge >= 0.3 is 0 Å². The van der Waals surface area contributed by atoms with E-state index in [0.717, 1.165) is 21.9 Å². The first-order valence-corrected chi connectivity index (χ1v) is 10.6. The van der Waals surface area contributed by atoms with Crippen LogP contribution < -0.4 is 16.8 Å². The topological polar surface area (TPSA) is 94.0 Å². The average Bonchev–Trinajstić information content (AvgIpc) is 2.96. The van der Waals surface area contributed by atoms with Crippen molar-refractivity contribution in [3.63, 3.8) is 0 Å². The van der Waals surface area contributed by atoms with E-state index in [1.165, 1.54) is 0 Å². The Morgan fingerprint density at radius 2 is 1.69 bits per heavy atom. The summed E-state index contributed by atoms with van der Waals surface area (Å²) in [6, 6.07) is 10.6. The zero-order chi connectivity index (χ0) is 21.6. The Bertz CT molecular complexity index is 871. The molecule has 154 valence electrons. The maximum Gasteiger partial charge on any atom is 0.255 e. The molecule has 0 saturated carbocycles. The van der Waals surface area contributed by atoms with Gasteiger partial charge in [0.15, 0.2) is 0 Å². The second-order valence-electron chi connectivity index (χ2n) is 5.43. The standard InChI is InChI=1S/C19H18N4OS.2C2H6/c20-14-6-4-13(5-7-14)19(24)23-15-2-1-3-16(9-8-15)25-17-10-11-22-18(21)12-17;2*1-2/h2-12H,1,20H2,(H2,21,22)(H,23,24);2*1-2H3. The number of allylic oxidation sites excluding steroid dienone is 4. The van der Waals surface area contributed by atoms with Crippen molar-refractivity contribution in [3.05, 3.63) is 83.1 Å². The Hall–Kier alpha value is -2.99. The fourth-order valence-electron chi connectivity index (χ4n) is 2.24. The number of carbonyl (C=O) groups is 1. The number of nitrogens with one attached hydrogen (secondary N) is 1. The van der Waals surface area contributed by atoms with Gasteiger partial charge in [-0.05, 0) is 55.0 Å². The van der Waals surface area contributed by atoms with Crippen LogP contribution in [-0.2, 0) is 0 Å². The van der Waals surface area contributed by atoms with Crippen LogP contribution in [0, 0.1) is 0 Å². The third-order valence-corrected chi connectivity index (χ3v) is 4.53. The zero-order valence-corrected chi connectivity index (χ0v) is 18.3. The van der Waals surface area contributed by atoms with Gasteiger partial charge in [-0.1, -0.05) is 51.6 Å². The molecule has 0 atom stereocenters. The van der Waals surface area contributed by atoms with E-state index in [0.29, 0.717) is 17.1 Å². The highest BCUT2D eigenvalue weighted by atomic mass is 32.2. The average molecular weight is 411 g/mol. The van der Waals surface area contributed by atoms with Crippen molar-refractivity contribution in [2.24, 2.45) is 0 Å². The fraction of sp³-hybridized carbons (Fsp3) is 0.217. The number of anilines is 2. The van der Waals surface area contributed by atoms with Crippen LogP contribution in [0.1, 0.15) is 44.5 Å². The number of hydrogen-bond donors (Lipinski definition) is 3. The predicted octanol–water partition coefficient (Wildman–Crippen LogP) is 5.55. The molecule has 5 N–H and O–H groups in total. The van der Waals surface area contributed by atoms with Gasteiger partial charge < -0.3 is 16.8 Å². The predicted molar refractivity (Wildman–Crippen MR) is 125 cm³/mol. The summed E-state index contributed by atoms with van der Waals surface area (Å²) in [5.74, 6) is 0.340. The number of rotatable bonds is 4. The zero-order valence-electron chi connectivity index (χ0n) is 17.5. The smallest absolute Gasteiger partial charge is 0.255 e. The lowest BCUT2D eigenvalue weighted by atomic mass is 10.2. The van der Waals surface area contributed by atoms with Gasteiger partial charge in [-0.2, -0.15) is 0 Å². The van der Waals surface area contributed by atoms with Gasteiger partial charge in [-0.3, -0.25) is 4.79 Å². The molecule has 1 aliphatic rings. The summed E-state index contributed by atoms with van der Waals surface area (Å²) >= 11 is 1.61. The number of pyridine rings is 1. The summed E-state index contributed by atoms with van der Waals surface area (Å²) in [5.41, 5.74) is 13.3. The van der Waals surface area contributed by atoms with E-state index < -0.39 is 0 Å². The van der Waals surface area contributed by atoms with Crippen LogP contribution in [0.5, 0.6) is 0 Å². The largest absolute Gasteiger partial charge is 0.399 e. The number of amides is 1. The summed E-state index contributed by atoms with van der Waals surface area (Å²) in [6.07, 6.45) is 10.4. The molecule has 1 aromatic heterocycles.